The first-order valence-corrected chi connectivity index (χ1v) is 21.6. The zero-order valence-corrected chi connectivity index (χ0v) is 37.7. The molecule has 0 bridgehead atoms. The van der Waals surface area contributed by atoms with Crippen LogP contribution in [0.4, 0.5) is 0 Å². The van der Waals surface area contributed by atoms with Gasteiger partial charge in [0.05, 0.1) is 163 Å². The van der Waals surface area contributed by atoms with Gasteiger partial charge < -0.3 is 66.3 Å². The van der Waals surface area contributed by atoms with Gasteiger partial charge in [-0.3, -0.25) is 0 Å². The minimum absolute atomic E-state index is 0.0179. The average molecular weight is 841 g/mol. The summed E-state index contributed by atoms with van der Waals surface area (Å²) in [5.41, 5.74) is 0.369. The monoisotopic (exact) mass is 841 g/mol. The third-order valence-corrected chi connectivity index (χ3v) is 8.39. The Morgan fingerprint density at radius 1 is 0.431 bits per heavy atom. The van der Waals surface area contributed by atoms with Crippen molar-refractivity contribution in [1.82, 2.24) is 0 Å². The summed E-state index contributed by atoms with van der Waals surface area (Å²) in [6, 6.07) is 0. The van der Waals surface area contributed by atoms with Gasteiger partial charge in [-0.25, -0.2) is 4.79 Å². The van der Waals surface area contributed by atoms with Crippen LogP contribution in [-0.2, 0) is 71.1 Å². The van der Waals surface area contributed by atoms with Crippen molar-refractivity contribution >= 4 is 5.97 Å². The topological polar surface area (TPSA) is 146 Å². The molecular formula is C43H84O15. The first-order chi connectivity index (χ1) is 28.1. The van der Waals surface area contributed by atoms with E-state index < -0.39 is 5.97 Å². The lowest BCUT2D eigenvalue weighted by molar-refractivity contribution is -0.140. The molecule has 6 atom stereocenters. The SMILES string of the molecule is C=C(C)C(=O)OCCOCCOCCOCCOCCOCCOCCOCCOCC(C)OCC(C)OCC(C)OCC(C)OCC(C)OCC(CC)CCCC. The van der Waals surface area contributed by atoms with Crippen LogP contribution in [-0.4, -0.2) is 182 Å². The van der Waals surface area contributed by atoms with Crippen LogP contribution in [0.3, 0.4) is 0 Å². The molecule has 0 aromatic rings. The molecule has 15 nitrogen and oxygen atoms in total. The summed E-state index contributed by atoms with van der Waals surface area (Å²) in [4.78, 5) is 11.2. The number of carbonyl (C=O) groups is 1. The van der Waals surface area contributed by atoms with E-state index in [-0.39, 0.29) is 37.1 Å². The van der Waals surface area contributed by atoms with Crippen LogP contribution in [0.1, 0.15) is 81.1 Å². The standard InChI is InChI=1S/C43H84O15/c1-10-12-13-42(11-2)35-58-41(9)34-57-40(8)33-56-39(7)32-55-38(6)31-54-37(5)30-52-27-26-50-23-22-48-19-18-46-15-14-45-16-17-47-20-21-49-24-25-51-28-29-53-43(44)36(3)4/h37-42H,3,10-35H2,1-2,4-9H3. The van der Waals surface area contributed by atoms with Crippen molar-refractivity contribution in [3.05, 3.63) is 12.2 Å². The molecule has 0 aliphatic carbocycles. The van der Waals surface area contributed by atoms with Gasteiger partial charge in [-0.05, 0) is 53.9 Å². The molecule has 15 heteroatoms. The molecule has 0 rings (SSSR count). The maximum atomic E-state index is 11.2. The summed E-state index contributed by atoms with van der Waals surface area (Å²) < 4.78 is 78.6. The van der Waals surface area contributed by atoms with E-state index in [9.17, 15) is 4.79 Å². The zero-order chi connectivity index (χ0) is 42.9. The highest BCUT2D eigenvalue weighted by Gasteiger charge is 2.14. The minimum atomic E-state index is -0.414. The lowest BCUT2D eigenvalue weighted by atomic mass is 10.0. The molecule has 58 heavy (non-hydrogen) atoms. The first kappa shape index (κ1) is 56.7. The number of hydrogen-bond donors (Lipinski definition) is 0. The molecule has 0 spiro atoms. The predicted octanol–water partition coefficient (Wildman–Crippen LogP) is 5.48. The molecule has 0 saturated heterocycles. The fourth-order valence-electron chi connectivity index (χ4n) is 4.74. The molecule has 0 fully saturated rings. The fraction of sp³-hybridized carbons (Fsp3) is 0.930. The average Bonchev–Trinajstić information content (AvgIpc) is 3.21. The van der Waals surface area contributed by atoms with Crippen molar-refractivity contribution in [2.24, 2.45) is 5.92 Å². The van der Waals surface area contributed by atoms with Crippen molar-refractivity contribution in [2.45, 2.75) is 112 Å². The lowest BCUT2D eigenvalue weighted by Crippen LogP contribution is -2.29. The van der Waals surface area contributed by atoms with Gasteiger partial charge >= 0.3 is 5.97 Å². The van der Waals surface area contributed by atoms with E-state index in [0.717, 1.165) is 13.0 Å². The van der Waals surface area contributed by atoms with Crippen LogP contribution < -0.4 is 0 Å². The minimum Gasteiger partial charge on any atom is -0.460 e. The Kier molecular flexibility index (Phi) is 41.4. The van der Waals surface area contributed by atoms with Gasteiger partial charge in [0.2, 0.25) is 0 Å². The third kappa shape index (κ3) is 40.1. The summed E-state index contributed by atoms with van der Waals surface area (Å²) in [7, 11) is 0. The molecule has 0 aliphatic rings. The molecule has 0 aliphatic heterocycles. The highest BCUT2D eigenvalue weighted by molar-refractivity contribution is 5.86. The number of ether oxygens (including phenoxy) is 14. The normalized spacial score (nSPS) is 14.9. The number of carbonyl (C=O) groups excluding carboxylic acids is 1. The van der Waals surface area contributed by atoms with Gasteiger partial charge in [-0.2, -0.15) is 0 Å². The Balaban J connectivity index is 3.46. The Hall–Kier alpha value is -1.31. The van der Waals surface area contributed by atoms with Crippen molar-refractivity contribution in [2.75, 3.05) is 145 Å². The van der Waals surface area contributed by atoms with Crippen molar-refractivity contribution in [3.8, 4) is 0 Å². The molecule has 6 unspecified atom stereocenters. The molecule has 0 amide bonds. The summed E-state index contributed by atoms with van der Waals surface area (Å²) in [6.07, 6.45) is 4.76. The molecule has 0 N–H and O–H groups in total. The Bertz CT molecular complexity index is 898. The second kappa shape index (κ2) is 42.4. The van der Waals surface area contributed by atoms with Crippen LogP contribution in [0.2, 0.25) is 0 Å². The van der Waals surface area contributed by atoms with Crippen LogP contribution >= 0.6 is 0 Å². The summed E-state index contributed by atoms with van der Waals surface area (Å²) >= 11 is 0. The van der Waals surface area contributed by atoms with Gasteiger partial charge in [0, 0.05) is 12.2 Å². The van der Waals surface area contributed by atoms with Crippen LogP contribution in [0.25, 0.3) is 0 Å². The van der Waals surface area contributed by atoms with E-state index in [2.05, 4.69) is 27.4 Å². The molecule has 0 radical (unpaired) electrons. The first-order valence-electron chi connectivity index (χ1n) is 21.6. The van der Waals surface area contributed by atoms with Gasteiger partial charge in [-0.1, -0.05) is 39.7 Å². The number of esters is 1. The van der Waals surface area contributed by atoms with E-state index in [1.54, 1.807) is 6.92 Å². The summed E-state index contributed by atoms with van der Waals surface area (Å²) in [5, 5.41) is 0. The van der Waals surface area contributed by atoms with Gasteiger partial charge in [0.25, 0.3) is 0 Å². The van der Waals surface area contributed by atoms with E-state index in [0.29, 0.717) is 144 Å². The number of unbranched alkanes of at least 4 members (excludes halogenated alkanes) is 1. The molecule has 0 aromatic carbocycles. The maximum absolute atomic E-state index is 11.2. The van der Waals surface area contributed by atoms with Crippen molar-refractivity contribution in [3.63, 3.8) is 0 Å². The number of rotatable bonds is 46. The lowest BCUT2D eigenvalue weighted by Gasteiger charge is -2.23. The second-order valence-electron chi connectivity index (χ2n) is 14.4. The van der Waals surface area contributed by atoms with Crippen molar-refractivity contribution in [1.29, 1.82) is 0 Å². The molecule has 0 aromatic heterocycles. The Morgan fingerprint density at radius 2 is 0.724 bits per heavy atom. The highest BCUT2D eigenvalue weighted by Crippen LogP contribution is 2.14. The molecule has 0 saturated carbocycles. The summed E-state index contributed by atoms with van der Waals surface area (Å²) in [6.45, 7) is 30.1. The predicted molar refractivity (Wildman–Crippen MR) is 223 cm³/mol. The van der Waals surface area contributed by atoms with E-state index in [1.807, 2.05) is 27.7 Å². The van der Waals surface area contributed by atoms with E-state index >= 15 is 0 Å². The fourth-order valence-corrected chi connectivity index (χ4v) is 4.74. The molecular weight excluding hydrogens is 756 g/mol. The van der Waals surface area contributed by atoms with Crippen molar-refractivity contribution < 1.29 is 71.1 Å². The second-order valence-corrected chi connectivity index (χ2v) is 14.4. The summed E-state index contributed by atoms with van der Waals surface area (Å²) in [5.74, 6) is 0.217. The van der Waals surface area contributed by atoms with Gasteiger partial charge in [0.15, 0.2) is 0 Å². The van der Waals surface area contributed by atoms with E-state index in [1.165, 1.54) is 19.3 Å². The van der Waals surface area contributed by atoms with Crippen LogP contribution in [0, 0.1) is 5.92 Å². The maximum Gasteiger partial charge on any atom is 0.333 e. The largest absolute Gasteiger partial charge is 0.460 e. The molecule has 346 valence electrons. The molecule has 0 heterocycles. The van der Waals surface area contributed by atoms with Gasteiger partial charge in [0.1, 0.15) is 6.61 Å². The number of hydrogen-bond acceptors (Lipinski definition) is 15. The zero-order valence-electron chi connectivity index (χ0n) is 37.7. The smallest absolute Gasteiger partial charge is 0.333 e. The quantitative estimate of drug-likeness (QED) is 0.0433. The van der Waals surface area contributed by atoms with Crippen LogP contribution in [0.15, 0.2) is 12.2 Å². The van der Waals surface area contributed by atoms with E-state index in [4.69, 9.17) is 66.3 Å². The van der Waals surface area contributed by atoms with Gasteiger partial charge in [-0.15, -0.1) is 0 Å². The van der Waals surface area contributed by atoms with Crippen LogP contribution in [0.5, 0.6) is 0 Å². The third-order valence-electron chi connectivity index (χ3n) is 8.39. The highest BCUT2D eigenvalue weighted by atomic mass is 16.6. The Morgan fingerprint density at radius 3 is 1.03 bits per heavy atom. The Labute approximate surface area is 351 Å².